The van der Waals surface area contributed by atoms with Gasteiger partial charge in [-0.25, -0.2) is 4.98 Å². The number of nitro groups is 1. The SMILES string of the molecule is CCNc1cc(C(=O)NC(C)CSC)c([N+](=O)[O-])cn1. The van der Waals surface area contributed by atoms with Crippen LogP contribution in [0.2, 0.25) is 0 Å². The highest BCUT2D eigenvalue weighted by molar-refractivity contribution is 7.98. The number of hydrogen-bond acceptors (Lipinski definition) is 6. The summed E-state index contributed by atoms with van der Waals surface area (Å²) in [5.74, 6) is 0.727. The van der Waals surface area contributed by atoms with Crippen LogP contribution in [0.25, 0.3) is 0 Å². The lowest BCUT2D eigenvalue weighted by Gasteiger charge is -2.13. The van der Waals surface area contributed by atoms with Crippen molar-refractivity contribution in [3.63, 3.8) is 0 Å². The van der Waals surface area contributed by atoms with Gasteiger partial charge in [0, 0.05) is 24.4 Å². The van der Waals surface area contributed by atoms with Gasteiger partial charge in [0.05, 0.1) is 4.92 Å². The molecule has 110 valence electrons. The molecule has 1 amide bonds. The smallest absolute Gasteiger partial charge is 0.300 e. The van der Waals surface area contributed by atoms with Crippen molar-refractivity contribution in [2.75, 3.05) is 23.9 Å². The minimum atomic E-state index is -0.600. The summed E-state index contributed by atoms with van der Waals surface area (Å²) in [5, 5.41) is 16.6. The van der Waals surface area contributed by atoms with Crippen LogP contribution in [0, 0.1) is 10.1 Å². The largest absolute Gasteiger partial charge is 0.370 e. The van der Waals surface area contributed by atoms with Gasteiger partial charge in [-0.2, -0.15) is 11.8 Å². The van der Waals surface area contributed by atoms with Crippen LogP contribution in [0.3, 0.4) is 0 Å². The third kappa shape index (κ3) is 4.37. The molecule has 2 N–H and O–H groups in total. The van der Waals surface area contributed by atoms with Gasteiger partial charge in [-0.15, -0.1) is 0 Å². The molecule has 0 aliphatic carbocycles. The van der Waals surface area contributed by atoms with Crippen molar-refractivity contribution in [3.8, 4) is 0 Å². The third-order valence-electron chi connectivity index (χ3n) is 2.48. The number of pyridine rings is 1. The van der Waals surface area contributed by atoms with Gasteiger partial charge in [-0.1, -0.05) is 0 Å². The molecular formula is C12H18N4O3S. The molecule has 0 saturated heterocycles. The molecule has 1 aromatic rings. The Hall–Kier alpha value is -1.83. The highest BCUT2D eigenvalue weighted by atomic mass is 32.2. The van der Waals surface area contributed by atoms with E-state index in [1.165, 1.54) is 6.07 Å². The monoisotopic (exact) mass is 298 g/mol. The Morgan fingerprint density at radius 3 is 2.85 bits per heavy atom. The van der Waals surface area contributed by atoms with E-state index in [1.807, 2.05) is 20.1 Å². The maximum absolute atomic E-state index is 12.1. The van der Waals surface area contributed by atoms with Gasteiger partial charge in [0.25, 0.3) is 11.6 Å². The van der Waals surface area contributed by atoms with E-state index in [1.54, 1.807) is 11.8 Å². The molecule has 0 aliphatic rings. The lowest BCUT2D eigenvalue weighted by Crippen LogP contribution is -2.34. The fourth-order valence-corrected chi connectivity index (χ4v) is 2.23. The molecule has 0 bridgehead atoms. The average molecular weight is 298 g/mol. The summed E-state index contributed by atoms with van der Waals surface area (Å²) in [6, 6.07) is 1.34. The number of thioether (sulfide) groups is 1. The first-order valence-corrected chi connectivity index (χ1v) is 7.57. The molecule has 0 radical (unpaired) electrons. The maximum atomic E-state index is 12.1. The number of rotatable bonds is 7. The Morgan fingerprint density at radius 1 is 1.60 bits per heavy atom. The van der Waals surface area contributed by atoms with Gasteiger partial charge in [-0.3, -0.25) is 14.9 Å². The molecule has 1 heterocycles. The zero-order chi connectivity index (χ0) is 15.1. The van der Waals surface area contributed by atoms with E-state index in [9.17, 15) is 14.9 Å². The van der Waals surface area contributed by atoms with Crippen molar-refractivity contribution in [2.24, 2.45) is 0 Å². The molecule has 0 aliphatic heterocycles. The second-order valence-corrected chi connectivity index (χ2v) is 5.11. The molecule has 20 heavy (non-hydrogen) atoms. The highest BCUT2D eigenvalue weighted by Gasteiger charge is 2.22. The van der Waals surface area contributed by atoms with Gasteiger partial charge in [0.15, 0.2) is 0 Å². The summed E-state index contributed by atoms with van der Waals surface area (Å²) in [6.45, 7) is 4.35. The lowest BCUT2D eigenvalue weighted by molar-refractivity contribution is -0.385. The summed E-state index contributed by atoms with van der Waals surface area (Å²) >= 11 is 1.60. The van der Waals surface area contributed by atoms with Crippen LogP contribution >= 0.6 is 11.8 Å². The standard InChI is InChI=1S/C12H18N4O3S/c1-4-13-11-5-9(10(6-14-11)16(18)19)12(17)15-8(2)7-20-3/h5-6,8H,4,7H2,1-3H3,(H,13,14)(H,15,17). The van der Waals surface area contributed by atoms with E-state index in [-0.39, 0.29) is 17.3 Å². The Balaban J connectivity index is 3.02. The van der Waals surface area contributed by atoms with Gasteiger partial charge in [0.1, 0.15) is 17.6 Å². The number of nitrogens with zero attached hydrogens (tertiary/aromatic N) is 2. The maximum Gasteiger partial charge on any atom is 0.300 e. The van der Waals surface area contributed by atoms with E-state index in [4.69, 9.17) is 0 Å². The molecular weight excluding hydrogens is 280 g/mol. The zero-order valence-electron chi connectivity index (χ0n) is 11.7. The summed E-state index contributed by atoms with van der Waals surface area (Å²) in [7, 11) is 0. The van der Waals surface area contributed by atoms with E-state index < -0.39 is 10.8 Å². The Labute approximate surface area is 121 Å². The van der Waals surface area contributed by atoms with Crippen LogP contribution in [0.5, 0.6) is 0 Å². The van der Waals surface area contributed by atoms with Gasteiger partial charge in [-0.05, 0) is 20.1 Å². The summed E-state index contributed by atoms with van der Waals surface area (Å²) in [4.78, 5) is 26.4. The molecule has 7 nitrogen and oxygen atoms in total. The fourth-order valence-electron chi connectivity index (χ4n) is 1.65. The summed E-state index contributed by atoms with van der Waals surface area (Å²) in [6.07, 6.45) is 3.03. The number of hydrogen-bond donors (Lipinski definition) is 2. The van der Waals surface area contributed by atoms with Crippen molar-refractivity contribution >= 4 is 29.2 Å². The Morgan fingerprint density at radius 2 is 2.30 bits per heavy atom. The van der Waals surface area contributed by atoms with Crippen LogP contribution in [-0.2, 0) is 0 Å². The topological polar surface area (TPSA) is 97.2 Å². The van der Waals surface area contributed by atoms with Crippen LogP contribution in [0.1, 0.15) is 24.2 Å². The number of aromatic nitrogens is 1. The lowest BCUT2D eigenvalue weighted by atomic mass is 10.2. The first-order valence-electron chi connectivity index (χ1n) is 6.17. The average Bonchev–Trinajstić information content (AvgIpc) is 2.38. The Bertz CT molecular complexity index is 496. The number of anilines is 1. The van der Waals surface area contributed by atoms with Crippen LogP contribution in [0.15, 0.2) is 12.3 Å². The van der Waals surface area contributed by atoms with E-state index in [0.717, 1.165) is 11.9 Å². The molecule has 0 spiro atoms. The van der Waals surface area contributed by atoms with E-state index >= 15 is 0 Å². The van der Waals surface area contributed by atoms with Crippen molar-refractivity contribution in [3.05, 3.63) is 27.9 Å². The summed E-state index contributed by atoms with van der Waals surface area (Å²) < 4.78 is 0. The van der Waals surface area contributed by atoms with Crippen molar-refractivity contribution < 1.29 is 9.72 Å². The highest BCUT2D eigenvalue weighted by Crippen LogP contribution is 2.20. The van der Waals surface area contributed by atoms with Crippen molar-refractivity contribution in [2.45, 2.75) is 19.9 Å². The van der Waals surface area contributed by atoms with Crippen LogP contribution < -0.4 is 10.6 Å². The van der Waals surface area contributed by atoms with Crippen molar-refractivity contribution in [1.82, 2.24) is 10.3 Å². The van der Waals surface area contributed by atoms with E-state index in [0.29, 0.717) is 12.4 Å². The minimum absolute atomic E-state index is 0.0221. The predicted octanol–water partition coefficient (Wildman–Crippen LogP) is 1.90. The number of carbonyl (C=O) groups excluding carboxylic acids is 1. The van der Waals surface area contributed by atoms with Crippen molar-refractivity contribution in [1.29, 1.82) is 0 Å². The second-order valence-electron chi connectivity index (χ2n) is 4.20. The van der Waals surface area contributed by atoms with Crippen LogP contribution in [0.4, 0.5) is 11.5 Å². The van der Waals surface area contributed by atoms with E-state index in [2.05, 4.69) is 15.6 Å². The zero-order valence-corrected chi connectivity index (χ0v) is 12.5. The molecule has 0 aromatic carbocycles. The number of amides is 1. The first-order chi connectivity index (χ1) is 9.49. The molecule has 1 rings (SSSR count). The summed E-state index contributed by atoms with van der Waals surface area (Å²) in [5.41, 5.74) is -0.269. The molecule has 1 unspecified atom stereocenters. The van der Waals surface area contributed by atoms with Gasteiger partial charge < -0.3 is 10.6 Å². The predicted molar refractivity (Wildman–Crippen MR) is 80.4 cm³/mol. The van der Waals surface area contributed by atoms with Gasteiger partial charge >= 0.3 is 0 Å². The quantitative estimate of drug-likeness (QED) is 0.589. The fraction of sp³-hybridized carbons (Fsp3) is 0.500. The molecule has 0 saturated carbocycles. The molecule has 0 fully saturated rings. The second kappa shape index (κ2) is 7.68. The normalized spacial score (nSPS) is 11.8. The number of nitrogens with one attached hydrogen (secondary N) is 2. The Kier molecular flexibility index (Phi) is 6.23. The third-order valence-corrected chi connectivity index (χ3v) is 3.31. The van der Waals surface area contributed by atoms with Crippen LogP contribution in [-0.4, -0.2) is 40.4 Å². The molecule has 1 aromatic heterocycles. The first kappa shape index (κ1) is 16.2. The minimum Gasteiger partial charge on any atom is -0.370 e. The van der Waals surface area contributed by atoms with Gasteiger partial charge in [0.2, 0.25) is 0 Å². The number of carbonyl (C=O) groups is 1. The molecule has 1 atom stereocenters. The molecule has 8 heteroatoms.